The van der Waals surface area contributed by atoms with Crippen molar-refractivity contribution < 1.29 is 4.39 Å². The van der Waals surface area contributed by atoms with Gasteiger partial charge >= 0.3 is 0 Å². The molecule has 0 atom stereocenters. The molecule has 8 heavy (non-hydrogen) atoms. The van der Waals surface area contributed by atoms with Gasteiger partial charge in [0.1, 0.15) is 5.67 Å². The van der Waals surface area contributed by atoms with Crippen LogP contribution in [0.2, 0.25) is 0 Å². The fourth-order valence-corrected chi connectivity index (χ4v) is 2.92. The molecular weight excluding hydrogens is 103 g/mol. The smallest absolute Gasteiger partial charge is 0.119 e. The first kappa shape index (κ1) is 3.86. The molecule has 44 valence electrons. The molecule has 3 rings (SSSR count). The van der Waals surface area contributed by atoms with Gasteiger partial charge in [0, 0.05) is 0 Å². The van der Waals surface area contributed by atoms with Crippen LogP contribution in [0.3, 0.4) is 0 Å². The topological polar surface area (TPSA) is 0 Å². The molecule has 1 heteroatoms. The van der Waals surface area contributed by atoms with Crippen molar-refractivity contribution in [3.05, 3.63) is 0 Å². The maximum Gasteiger partial charge on any atom is 0.119 e. The maximum absolute atomic E-state index is 13.1. The molecule has 0 bridgehead atoms. The van der Waals surface area contributed by atoms with Gasteiger partial charge in [0.25, 0.3) is 0 Å². The van der Waals surface area contributed by atoms with Gasteiger partial charge in [-0.2, -0.15) is 0 Å². The Kier molecular flexibility index (Phi) is 0.366. The summed E-state index contributed by atoms with van der Waals surface area (Å²) in [6.07, 6.45) is 3.65. The fraction of sp³-hybridized carbons (Fsp3) is 1.00. The van der Waals surface area contributed by atoms with Gasteiger partial charge in [-0.15, -0.1) is 0 Å². The van der Waals surface area contributed by atoms with Crippen LogP contribution in [0.5, 0.6) is 0 Å². The van der Waals surface area contributed by atoms with Gasteiger partial charge in [-0.25, -0.2) is 4.39 Å². The zero-order valence-electron chi connectivity index (χ0n) is 4.73. The molecule has 0 radical (unpaired) electrons. The van der Waals surface area contributed by atoms with E-state index in [1.807, 2.05) is 0 Å². The highest BCUT2D eigenvalue weighted by Gasteiger charge is 2.75. The summed E-state index contributed by atoms with van der Waals surface area (Å²) in [5.41, 5.74) is -0.583. The van der Waals surface area contributed by atoms with Crippen LogP contribution >= 0.6 is 0 Å². The van der Waals surface area contributed by atoms with Crippen molar-refractivity contribution >= 4 is 0 Å². The van der Waals surface area contributed by atoms with E-state index in [-0.39, 0.29) is 0 Å². The van der Waals surface area contributed by atoms with Crippen molar-refractivity contribution in [1.29, 1.82) is 0 Å². The summed E-state index contributed by atoms with van der Waals surface area (Å²) >= 11 is 0. The van der Waals surface area contributed by atoms with Crippen LogP contribution in [-0.2, 0) is 0 Å². The second kappa shape index (κ2) is 0.758. The van der Waals surface area contributed by atoms with Crippen molar-refractivity contribution in [2.24, 2.45) is 17.8 Å². The van der Waals surface area contributed by atoms with Crippen LogP contribution in [0.15, 0.2) is 0 Å². The SMILES string of the molecule is FC12C3CC1CC2C3. The van der Waals surface area contributed by atoms with E-state index < -0.39 is 5.67 Å². The van der Waals surface area contributed by atoms with Crippen molar-refractivity contribution in [3.63, 3.8) is 0 Å². The highest BCUT2D eigenvalue weighted by Crippen LogP contribution is 2.74. The van der Waals surface area contributed by atoms with Gasteiger partial charge in [-0.1, -0.05) is 0 Å². The fourth-order valence-electron chi connectivity index (χ4n) is 2.92. The first-order chi connectivity index (χ1) is 3.82. The van der Waals surface area contributed by atoms with Crippen LogP contribution < -0.4 is 0 Å². The molecule has 0 nitrogen and oxygen atoms in total. The summed E-state index contributed by atoms with van der Waals surface area (Å²) in [6.45, 7) is 0. The van der Waals surface area contributed by atoms with E-state index in [2.05, 4.69) is 0 Å². The van der Waals surface area contributed by atoms with Gasteiger partial charge in [-0.3, -0.25) is 0 Å². The third kappa shape index (κ3) is 0.161. The van der Waals surface area contributed by atoms with Crippen LogP contribution in [0.4, 0.5) is 4.39 Å². The molecule has 0 unspecified atom stereocenters. The lowest BCUT2D eigenvalue weighted by atomic mass is 9.34. The van der Waals surface area contributed by atoms with Gasteiger partial charge in [0.05, 0.1) is 0 Å². The Bertz CT molecular complexity index is 120. The molecular formula is C7H9F. The summed E-state index contributed by atoms with van der Waals surface area (Å²) in [5, 5.41) is 0. The highest BCUT2D eigenvalue weighted by molar-refractivity contribution is 5.23. The van der Waals surface area contributed by atoms with E-state index in [4.69, 9.17) is 0 Å². The second-order valence-corrected chi connectivity index (χ2v) is 3.63. The third-order valence-corrected chi connectivity index (χ3v) is 3.58. The summed E-state index contributed by atoms with van der Waals surface area (Å²) in [4.78, 5) is 0. The Morgan fingerprint density at radius 2 is 1.38 bits per heavy atom. The van der Waals surface area contributed by atoms with Gasteiger partial charge in [0.15, 0.2) is 0 Å². The quantitative estimate of drug-likeness (QED) is 0.448. The van der Waals surface area contributed by atoms with Gasteiger partial charge in [-0.05, 0) is 37.0 Å². The Morgan fingerprint density at radius 3 is 1.38 bits per heavy atom. The van der Waals surface area contributed by atoms with E-state index in [0.717, 1.165) is 0 Å². The average molecular weight is 112 g/mol. The molecule has 3 aliphatic carbocycles. The minimum atomic E-state index is -0.583. The van der Waals surface area contributed by atoms with Crippen molar-refractivity contribution in [2.75, 3.05) is 0 Å². The molecule has 0 amide bonds. The number of hydrogen-bond acceptors (Lipinski definition) is 0. The summed E-state index contributed by atoms with van der Waals surface area (Å²) < 4.78 is 13.1. The highest BCUT2D eigenvalue weighted by atomic mass is 19.1. The molecule has 0 saturated heterocycles. The van der Waals surface area contributed by atoms with E-state index >= 15 is 0 Å². The first-order valence-corrected chi connectivity index (χ1v) is 3.50. The zero-order valence-corrected chi connectivity index (χ0v) is 4.73. The van der Waals surface area contributed by atoms with E-state index in [9.17, 15) is 4.39 Å². The van der Waals surface area contributed by atoms with Crippen LogP contribution in [0.1, 0.15) is 19.3 Å². The summed E-state index contributed by atoms with van der Waals surface area (Å²) in [7, 11) is 0. The Morgan fingerprint density at radius 1 is 1.00 bits per heavy atom. The maximum atomic E-state index is 13.1. The minimum Gasteiger partial charge on any atom is -0.243 e. The predicted molar refractivity (Wildman–Crippen MR) is 28.2 cm³/mol. The van der Waals surface area contributed by atoms with Gasteiger partial charge < -0.3 is 0 Å². The van der Waals surface area contributed by atoms with Crippen molar-refractivity contribution in [2.45, 2.75) is 24.9 Å². The lowest BCUT2D eigenvalue weighted by molar-refractivity contribution is -0.293. The number of halogens is 1. The van der Waals surface area contributed by atoms with Crippen molar-refractivity contribution in [3.8, 4) is 0 Å². The Labute approximate surface area is 48.1 Å². The third-order valence-electron chi connectivity index (χ3n) is 3.58. The Balaban J connectivity index is 2.04. The molecule has 3 aliphatic rings. The number of alkyl halides is 1. The standard InChI is InChI=1S/C7H9F/c8-7-4-1-5(7)3-6(7)2-4/h4-6H,1-3H2. The molecule has 0 aromatic rings. The number of hydrogen-bond donors (Lipinski definition) is 0. The molecule has 0 aromatic heterocycles. The monoisotopic (exact) mass is 112 g/mol. The molecule has 0 N–H and O–H groups in total. The average Bonchev–Trinajstić information content (AvgIpc) is 1.90. The van der Waals surface area contributed by atoms with Crippen LogP contribution in [0, 0.1) is 17.8 Å². The summed E-state index contributed by atoms with van der Waals surface area (Å²) in [6, 6.07) is 0. The van der Waals surface area contributed by atoms with Crippen LogP contribution in [-0.4, -0.2) is 5.67 Å². The summed E-state index contributed by atoms with van der Waals surface area (Å²) in [5.74, 6) is 1.56. The molecule has 3 fully saturated rings. The predicted octanol–water partition coefficient (Wildman–Crippen LogP) is 1.75. The largest absolute Gasteiger partial charge is 0.243 e. The minimum absolute atomic E-state index is 0.520. The molecule has 0 aliphatic heterocycles. The first-order valence-electron chi connectivity index (χ1n) is 3.50. The molecule has 0 aromatic carbocycles. The molecule has 3 saturated carbocycles. The molecule has 0 heterocycles. The Hall–Kier alpha value is -0.0700. The van der Waals surface area contributed by atoms with Crippen molar-refractivity contribution in [1.82, 2.24) is 0 Å². The molecule has 0 spiro atoms. The van der Waals surface area contributed by atoms with Crippen LogP contribution in [0.25, 0.3) is 0 Å². The lowest BCUT2D eigenvalue weighted by Crippen LogP contribution is -2.74. The number of rotatable bonds is 0. The van der Waals surface area contributed by atoms with E-state index in [0.29, 0.717) is 17.8 Å². The second-order valence-electron chi connectivity index (χ2n) is 3.63. The van der Waals surface area contributed by atoms with E-state index in [1.54, 1.807) is 0 Å². The van der Waals surface area contributed by atoms with E-state index in [1.165, 1.54) is 19.3 Å². The lowest BCUT2D eigenvalue weighted by Gasteiger charge is -2.72. The zero-order chi connectivity index (χ0) is 5.35. The normalized spacial score (nSPS) is 73.9. The van der Waals surface area contributed by atoms with Gasteiger partial charge in [0.2, 0.25) is 0 Å².